The Morgan fingerprint density at radius 3 is 0.974 bits per heavy atom. The van der Waals surface area contributed by atoms with Crippen molar-refractivity contribution in [2.75, 3.05) is 47.5 Å². The molecule has 0 aliphatic rings. The number of carbonyl (C=O) groups is 3. The topological polar surface area (TPSA) is 111 Å². The van der Waals surface area contributed by atoms with Gasteiger partial charge in [0.05, 0.1) is 40.3 Å². The van der Waals surface area contributed by atoms with Crippen molar-refractivity contribution in [2.24, 2.45) is 0 Å². The number of hydrogen-bond donors (Lipinski definition) is 0. The zero-order chi connectivity index (χ0) is 55.5. The molecule has 0 amide bonds. The van der Waals surface area contributed by atoms with Crippen molar-refractivity contribution in [3.05, 3.63) is 12.2 Å². The minimum atomic E-state index is -1.62. The van der Waals surface area contributed by atoms with Crippen LogP contribution in [0, 0.1) is 0 Å². The van der Waals surface area contributed by atoms with Gasteiger partial charge in [-0.2, -0.15) is 0 Å². The molecule has 0 aromatic rings. The number of rotatable bonds is 63. The predicted molar refractivity (Wildman–Crippen MR) is 320 cm³/mol. The van der Waals surface area contributed by atoms with Crippen molar-refractivity contribution >= 4 is 17.9 Å². The Labute approximate surface area is 472 Å². The number of quaternary nitrogens is 1. The van der Waals surface area contributed by atoms with Gasteiger partial charge in [-0.25, -0.2) is 0 Å². The van der Waals surface area contributed by atoms with E-state index in [-0.39, 0.29) is 32.2 Å². The lowest BCUT2D eigenvalue weighted by molar-refractivity contribution is -0.870. The Bertz CT molecular complexity index is 1250. The summed E-state index contributed by atoms with van der Waals surface area (Å²) in [5, 5.41) is 11.8. The van der Waals surface area contributed by atoms with Crippen LogP contribution in [0.15, 0.2) is 12.2 Å². The van der Waals surface area contributed by atoms with Crippen molar-refractivity contribution in [3.63, 3.8) is 0 Å². The quantitative estimate of drug-likeness (QED) is 0.0195. The molecule has 0 fully saturated rings. The number of ether oxygens (including phenoxy) is 4. The number of carboxylic acids is 1. The average Bonchev–Trinajstić information content (AvgIpc) is 3.39. The smallest absolute Gasteiger partial charge is 0.306 e. The zero-order valence-corrected chi connectivity index (χ0v) is 51.4. The number of carbonyl (C=O) groups excluding carboxylic acids is 3. The summed E-state index contributed by atoms with van der Waals surface area (Å²) in [6, 6.07) is 0. The molecule has 0 saturated carbocycles. The number of allylic oxidation sites excluding steroid dienone is 2. The molecule has 0 rings (SSSR count). The monoisotopic (exact) mass is 1080 g/mol. The van der Waals surface area contributed by atoms with Crippen molar-refractivity contribution in [3.8, 4) is 0 Å². The van der Waals surface area contributed by atoms with Gasteiger partial charge in [0.2, 0.25) is 0 Å². The minimum Gasteiger partial charge on any atom is -0.545 e. The highest BCUT2D eigenvalue weighted by atomic mass is 16.7. The van der Waals surface area contributed by atoms with Gasteiger partial charge in [-0.3, -0.25) is 9.59 Å². The SMILES string of the molecule is CCCCCCCCCC/C=C\CCCCCCCCCCCCCCCCCCCCCC(=O)OC(COC(=O)CCCCCCCCCCCCCCCCCCCCCC)COC(OCC[N+](C)(C)C)C(=O)[O-]. The second-order valence-electron chi connectivity index (χ2n) is 24.1. The van der Waals surface area contributed by atoms with Crippen LogP contribution in [0.2, 0.25) is 0 Å². The van der Waals surface area contributed by atoms with Crippen LogP contribution >= 0.6 is 0 Å². The van der Waals surface area contributed by atoms with Gasteiger partial charge in [0.25, 0.3) is 0 Å². The largest absolute Gasteiger partial charge is 0.545 e. The molecule has 0 aromatic carbocycles. The van der Waals surface area contributed by atoms with Crippen molar-refractivity contribution in [1.82, 2.24) is 0 Å². The summed E-state index contributed by atoms with van der Waals surface area (Å²) in [6.45, 7) is 4.82. The molecule has 9 heteroatoms. The lowest BCUT2D eigenvalue weighted by atomic mass is 10.0. The van der Waals surface area contributed by atoms with Gasteiger partial charge in [-0.15, -0.1) is 0 Å². The van der Waals surface area contributed by atoms with Crippen LogP contribution < -0.4 is 5.11 Å². The summed E-state index contributed by atoms with van der Waals surface area (Å²) in [5.41, 5.74) is 0. The first kappa shape index (κ1) is 74.0. The van der Waals surface area contributed by atoms with Crippen molar-refractivity contribution < 1.29 is 42.9 Å². The Kier molecular flexibility index (Phi) is 57.6. The predicted octanol–water partition coefficient (Wildman–Crippen LogP) is 18.7. The molecular formula is C67H129NO8. The number of likely N-dealkylation sites (N-methyl/N-ethyl adjacent to an activating group) is 1. The maximum absolute atomic E-state index is 12.9. The Hall–Kier alpha value is -1.97. The normalized spacial score (nSPS) is 12.7. The molecule has 0 aromatic heterocycles. The van der Waals surface area contributed by atoms with E-state index in [4.69, 9.17) is 18.9 Å². The molecule has 0 N–H and O–H groups in total. The van der Waals surface area contributed by atoms with E-state index in [1.54, 1.807) is 0 Å². The summed E-state index contributed by atoms with van der Waals surface area (Å²) in [4.78, 5) is 37.4. The zero-order valence-electron chi connectivity index (χ0n) is 51.4. The summed E-state index contributed by atoms with van der Waals surface area (Å²) >= 11 is 0. The van der Waals surface area contributed by atoms with E-state index in [0.29, 0.717) is 17.4 Å². The Morgan fingerprint density at radius 1 is 0.382 bits per heavy atom. The second kappa shape index (κ2) is 59.2. The number of carboxylic acid groups (broad SMARTS) is 1. The molecule has 2 atom stereocenters. The first-order valence-corrected chi connectivity index (χ1v) is 33.3. The van der Waals surface area contributed by atoms with Gasteiger partial charge < -0.3 is 33.3 Å². The lowest BCUT2D eigenvalue weighted by Gasteiger charge is -2.26. The fraction of sp³-hybridized carbons (Fsp3) is 0.925. The average molecular weight is 1080 g/mol. The van der Waals surface area contributed by atoms with E-state index >= 15 is 0 Å². The molecule has 76 heavy (non-hydrogen) atoms. The van der Waals surface area contributed by atoms with E-state index in [1.807, 2.05) is 21.1 Å². The Morgan fingerprint density at radius 2 is 0.671 bits per heavy atom. The van der Waals surface area contributed by atoms with Crippen LogP contribution in [0.3, 0.4) is 0 Å². The maximum atomic E-state index is 12.9. The molecule has 9 nitrogen and oxygen atoms in total. The number of hydrogen-bond acceptors (Lipinski definition) is 8. The summed E-state index contributed by atoms with van der Waals surface area (Å²) < 4.78 is 22.8. The fourth-order valence-corrected chi connectivity index (χ4v) is 10.1. The van der Waals surface area contributed by atoms with E-state index in [9.17, 15) is 19.5 Å². The van der Waals surface area contributed by atoms with Crippen LogP contribution in [0.5, 0.6) is 0 Å². The standard InChI is InChI=1S/C67H129NO8/c1-6-8-10-12-14-16-18-20-22-24-26-28-29-30-31-32-33-34-35-36-37-38-40-42-44-46-48-50-52-54-56-58-65(70)76-63(62-75-67(66(71)72)73-60-59-68(3,4)5)61-74-64(69)57-55-53-51-49-47-45-43-41-39-27-25-23-21-19-17-15-13-11-9-7-2/h24,26,63,67H,6-23,25,27-62H2,1-5H3/b26-24-. The second-order valence-corrected chi connectivity index (χ2v) is 24.1. The van der Waals surface area contributed by atoms with Crippen LogP contribution in [0.25, 0.3) is 0 Å². The molecule has 0 radical (unpaired) electrons. The number of esters is 2. The van der Waals surface area contributed by atoms with E-state index in [2.05, 4.69) is 26.0 Å². The third-order valence-electron chi connectivity index (χ3n) is 15.3. The minimum absolute atomic E-state index is 0.152. The van der Waals surface area contributed by atoms with Crippen LogP contribution in [-0.2, 0) is 33.3 Å². The molecule has 0 saturated heterocycles. The summed E-state index contributed by atoms with van der Waals surface area (Å²) in [5.74, 6) is -2.25. The highest BCUT2D eigenvalue weighted by molar-refractivity contribution is 5.70. The van der Waals surface area contributed by atoms with Crippen molar-refractivity contribution in [1.29, 1.82) is 0 Å². The third-order valence-corrected chi connectivity index (χ3v) is 15.3. The lowest BCUT2D eigenvalue weighted by Crippen LogP contribution is -2.44. The van der Waals surface area contributed by atoms with Crippen molar-refractivity contribution in [2.45, 2.75) is 354 Å². The molecule has 0 aliphatic heterocycles. The first-order valence-electron chi connectivity index (χ1n) is 33.3. The van der Waals surface area contributed by atoms with Gasteiger partial charge in [-0.05, 0) is 38.5 Å². The van der Waals surface area contributed by atoms with E-state index in [1.165, 1.54) is 276 Å². The van der Waals surface area contributed by atoms with Crippen LogP contribution in [0.1, 0.15) is 341 Å². The van der Waals surface area contributed by atoms with Gasteiger partial charge in [0.15, 0.2) is 12.4 Å². The van der Waals surface area contributed by atoms with Gasteiger partial charge in [0.1, 0.15) is 13.2 Å². The van der Waals surface area contributed by atoms with Gasteiger partial charge in [-0.1, -0.05) is 302 Å². The molecule has 0 heterocycles. The molecule has 0 aliphatic carbocycles. The van der Waals surface area contributed by atoms with Crippen LogP contribution in [0.4, 0.5) is 0 Å². The van der Waals surface area contributed by atoms with E-state index in [0.717, 1.165) is 38.5 Å². The number of nitrogens with zero attached hydrogens (tertiary/aromatic N) is 1. The number of unbranched alkanes of at least 4 members (excludes halogenated alkanes) is 46. The maximum Gasteiger partial charge on any atom is 0.306 e. The molecule has 0 bridgehead atoms. The molecule has 450 valence electrons. The first-order chi connectivity index (χ1) is 37.1. The highest BCUT2D eigenvalue weighted by Crippen LogP contribution is 2.19. The van der Waals surface area contributed by atoms with Crippen LogP contribution in [-0.4, -0.2) is 82.3 Å². The Balaban J connectivity index is 4.06. The molecule has 0 spiro atoms. The third kappa shape index (κ3) is 59.7. The number of aliphatic carboxylic acids is 1. The van der Waals surface area contributed by atoms with Gasteiger partial charge >= 0.3 is 11.9 Å². The van der Waals surface area contributed by atoms with Gasteiger partial charge in [0, 0.05) is 12.8 Å². The molecular weight excluding hydrogens is 947 g/mol. The fourth-order valence-electron chi connectivity index (χ4n) is 10.1. The van der Waals surface area contributed by atoms with E-state index < -0.39 is 24.3 Å². The summed E-state index contributed by atoms with van der Waals surface area (Å²) in [6.07, 6.45) is 67.2. The highest BCUT2D eigenvalue weighted by Gasteiger charge is 2.22. The molecule has 2 unspecified atom stereocenters. The summed E-state index contributed by atoms with van der Waals surface area (Å²) in [7, 11) is 5.94.